The van der Waals surface area contributed by atoms with Crippen LogP contribution in [0.2, 0.25) is 0 Å². The molecule has 0 amide bonds. The highest BCUT2D eigenvalue weighted by Crippen LogP contribution is 2.23. The van der Waals surface area contributed by atoms with E-state index < -0.39 is 0 Å². The molecule has 2 aromatic rings. The fraction of sp³-hybridized carbons (Fsp3) is 0.429. The Morgan fingerprint density at radius 2 is 1.95 bits per heavy atom. The van der Waals surface area contributed by atoms with Crippen molar-refractivity contribution in [2.24, 2.45) is 7.05 Å². The van der Waals surface area contributed by atoms with Crippen LogP contribution < -0.4 is 5.32 Å². The Morgan fingerprint density at radius 1 is 1.20 bits per heavy atom. The van der Waals surface area contributed by atoms with Crippen molar-refractivity contribution in [3.63, 3.8) is 0 Å². The van der Waals surface area contributed by atoms with Crippen molar-refractivity contribution >= 4 is 0 Å². The van der Waals surface area contributed by atoms with Crippen LogP contribution in [0.5, 0.6) is 5.75 Å². The normalized spacial score (nSPS) is 11.0. The van der Waals surface area contributed by atoms with Crippen molar-refractivity contribution in [3.8, 4) is 5.75 Å². The van der Waals surface area contributed by atoms with Crippen LogP contribution in [0.3, 0.4) is 0 Å². The number of pyridine rings is 1. The SMILES string of the molecule is Cc1nn(C)cc1CNCc1c(CO)cnc(C)c1O. The average Bonchev–Trinajstić information content (AvgIpc) is 2.73. The molecule has 0 unspecified atom stereocenters. The summed E-state index contributed by atoms with van der Waals surface area (Å²) in [5, 5.41) is 26.9. The molecule has 0 atom stereocenters. The van der Waals surface area contributed by atoms with Gasteiger partial charge in [-0.15, -0.1) is 0 Å². The summed E-state index contributed by atoms with van der Waals surface area (Å²) in [5.74, 6) is 0.145. The fourth-order valence-electron chi connectivity index (χ4n) is 2.16. The fourth-order valence-corrected chi connectivity index (χ4v) is 2.16. The van der Waals surface area contributed by atoms with Gasteiger partial charge in [0.25, 0.3) is 0 Å². The Labute approximate surface area is 118 Å². The van der Waals surface area contributed by atoms with Crippen LogP contribution in [0.4, 0.5) is 0 Å². The second-order valence-corrected chi connectivity index (χ2v) is 4.87. The molecule has 0 spiro atoms. The van der Waals surface area contributed by atoms with E-state index in [-0.39, 0.29) is 12.4 Å². The number of aliphatic hydroxyl groups is 1. The Morgan fingerprint density at radius 3 is 2.55 bits per heavy atom. The van der Waals surface area contributed by atoms with Crippen molar-refractivity contribution in [2.45, 2.75) is 33.5 Å². The van der Waals surface area contributed by atoms with Gasteiger partial charge >= 0.3 is 0 Å². The summed E-state index contributed by atoms with van der Waals surface area (Å²) in [6.07, 6.45) is 3.56. The van der Waals surface area contributed by atoms with E-state index in [0.717, 1.165) is 11.3 Å². The van der Waals surface area contributed by atoms with Gasteiger partial charge in [-0.1, -0.05) is 0 Å². The smallest absolute Gasteiger partial charge is 0.141 e. The van der Waals surface area contributed by atoms with E-state index in [4.69, 9.17) is 0 Å². The van der Waals surface area contributed by atoms with Crippen molar-refractivity contribution in [2.75, 3.05) is 0 Å². The molecular formula is C14H20N4O2. The molecule has 3 N–H and O–H groups in total. The highest BCUT2D eigenvalue weighted by atomic mass is 16.3. The second kappa shape index (κ2) is 6.02. The molecule has 0 aliphatic carbocycles. The maximum Gasteiger partial charge on any atom is 0.141 e. The number of nitrogens with one attached hydrogen (secondary N) is 1. The minimum Gasteiger partial charge on any atom is -0.506 e. The lowest BCUT2D eigenvalue weighted by Gasteiger charge is -2.12. The molecule has 0 aromatic carbocycles. The summed E-state index contributed by atoms with van der Waals surface area (Å²) in [6, 6.07) is 0. The van der Waals surface area contributed by atoms with Crippen molar-refractivity contribution in [1.29, 1.82) is 0 Å². The van der Waals surface area contributed by atoms with Crippen molar-refractivity contribution in [1.82, 2.24) is 20.1 Å². The molecule has 0 aliphatic rings. The predicted molar refractivity (Wildman–Crippen MR) is 75.1 cm³/mol. The van der Waals surface area contributed by atoms with Gasteiger partial charge in [0.1, 0.15) is 5.75 Å². The molecule has 6 nitrogen and oxygen atoms in total. The van der Waals surface area contributed by atoms with Crippen molar-refractivity contribution < 1.29 is 10.2 Å². The van der Waals surface area contributed by atoms with Gasteiger partial charge in [0.05, 0.1) is 18.0 Å². The Balaban J connectivity index is 2.07. The molecule has 0 radical (unpaired) electrons. The zero-order valence-electron chi connectivity index (χ0n) is 12.0. The number of hydrogen-bond donors (Lipinski definition) is 3. The van der Waals surface area contributed by atoms with Gasteiger partial charge in [0.15, 0.2) is 0 Å². The summed E-state index contributed by atoms with van der Waals surface area (Å²) in [5.41, 5.74) is 4.00. The molecule has 0 saturated carbocycles. The van der Waals surface area contributed by atoms with Crippen molar-refractivity contribution in [3.05, 3.63) is 40.5 Å². The molecule has 2 rings (SSSR count). The monoisotopic (exact) mass is 276 g/mol. The number of nitrogens with zero attached hydrogens (tertiary/aromatic N) is 3. The molecule has 0 bridgehead atoms. The third-order valence-corrected chi connectivity index (χ3v) is 3.33. The Kier molecular flexibility index (Phi) is 4.36. The Bertz CT molecular complexity index is 607. The lowest BCUT2D eigenvalue weighted by Crippen LogP contribution is -2.15. The largest absolute Gasteiger partial charge is 0.506 e. The average molecular weight is 276 g/mol. The summed E-state index contributed by atoms with van der Waals surface area (Å²) in [7, 11) is 1.89. The maximum atomic E-state index is 10.0. The molecule has 0 aliphatic heterocycles. The quantitative estimate of drug-likeness (QED) is 0.756. The minimum atomic E-state index is -0.135. The highest BCUT2D eigenvalue weighted by molar-refractivity contribution is 5.40. The highest BCUT2D eigenvalue weighted by Gasteiger charge is 2.11. The molecule has 2 heterocycles. The second-order valence-electron chi connectivity index (χ2n) is 4.87. The first-order chi connectivity index (χ1) is 9.52. The molecule has 108 valence electrons. The summed E-state index contributed by atoms with van der Waals surface area (Å²) >= 11 is 0. The standard InChI is InChI=1S/C14H20N4O2/c1-9-11(7-18(3)17-9)4-15-6-13-12(8-19)5-16-10(2)14(13)20/h5,7,15,19-20H,4,6,8H2,1-3H3. The maximum absolute atomic E-state index is 10.0. The predicted octanol–water partition coefficient (Wildman–Crippen LogP) is 0.920. The number of aryl methyl sites for hydroxylation is 3. The zero-order chi connectivity index (χ0) is 14.7. The molecule has 20 heavy (non-hydrogen) atoms. The van der Waals surface area contributed by atoms with E-state index in [0.29, 0.717) is 29.9 Å². The number of aromatic nitrogens is 3. The van der Waals surface area contributed by atoms with E-state index in [1.807, 2.05) is 20.2 Å². The molecule has 0 fully saturated rings. The van der Waals surface area contributed by atoms with Gasteiger partial charge in [-0.2, -0.15) is 5.10 Å². The van der Waals surface area contributed by atoms with E-state index in [1.165, 1.54) is 0 Å². The third-order valence-electron chi connectivity index (χ3n) is 3.33. The topological polar surface area (TPSA) is 83.2 Å². The lowest BCUT2D eigenvalue weighted by molar-refractivity contribution is 0.278. The van der Waals surface area contributed by atoms with E-state index in [9.17, 15) is 10.2 Å². The van der Waals surface area contributed by atoms with Crippen LogP contribution in [0.15, 0.2) is 12.4 Å². The first-order valence-corrected chi connectivity index (χ1v) is 6.50. The summed E-state index contributed by atoms with van der Waals surface area (Å²) in [6.45, 7) is 4.70. The van der Waals surface area contributed by atoms with E-state index in [1.54, 1.807) is 17.8 Å². The van der Waals surface area contributed by atoms with Gasteiger partial charge < -0.3 is 15.5 Å². The molecule has 2 aromatic heterocycles. The number of hydrogen-bond acceptors (Lipinski definition) is 5. The van der Waals surface area contributed by atoms with Crippen LogP contribution in [-0.4, -0.2) is 25.0 Å². The molecule has 6 heteroatoms. The number of aromatic hydroxyl groups is 1. The van der Waals surface area contributed by atoms with Crippen LogP contribution in [0.1, 0.15) is 28.1 Å². The van der Waals surface area contributed by atoms with Crippen LogP contribution in [-0.2, 0) is 26.7 Å². The minimum absolute atomic E-state index is 0.135. The third kappa shape index (κ3) is 2.97. The van der Waals surface area contributed by atoms with Gasteiger partial charge in [-0.05, 0) is 13.8 Å². The first kappa shape index (κ1) is 14.5. The van der Waals surface area contributed by atoms with E-state index in [2.05, 4.69) is 15.4 Å². The Hall–Kier alpha value is -1.92. The lowest BCUT2D eigenvalue weighted by atomic mass is 10.1. The van der Waals surface area contributed by atoms with Crippen LogP contribution in [0.25, 0.3) is 0 Å². The van der Waals surface area contributed by atoms with Gasteiger partial charge in [-0.25, -0.2) is 0 Å². The molecular weight excluding hydrogens is 256 g/mol. The first-order valence-electron chi connectivity index (χ1n) is 6.50. The number of aliphatic hydroxyl groups excluding tert-OH is 1. The summed E-state index contributed by atoms with van der Waals surface area (Å²) in [4.78, 5) is 4.04. The van der Waals surface area contributed by atoms with Crippen LogP contribution >= 0.6 is 0 Å². The van der Waals surface area contributed by atoms with E-state index >= 15 is 0 Å². The van der Waals surface area contributed by atoms with Gasteiger partial charge in [0.2, 0.25) is 0 Å². The van der Waals surface area contributed by atoms with Gasteiger partial charge in [-0.3, -0.25) is 9.67 Å². The van der Waals surface area contributed by atoms with Gasteiger partial charge in [0, 0.05) is 49.2 Å². The number of rotatable bonds is 5. The zero-order valence-corrected chi connectivity index (χ0v) is 12.0. The molecule has 0 saturated heterocycles. The van der Waals surface area contributed by atoms with Crippen LogP contribution in [0, 0.1) is 13.8 Å². The summed E-state index contributed by atoms with van der Waals surface area (Å²) < 4.78 is 1.78.